The molecular formula is C22H32N5O2+. The maximum absolute atomic E-state index is 12.5. The number of aryl methyl sites for hydroxylation is 3. The van der Waals surface area contributed by atoms with Gasteiger partial charge in [-0.1, -0.05) is 30.5 Å². The van der Waals surface area contributed by atoms with Crippen LogP contribution in [0.25, 0.3) is 0 Å². The molecule has 3 N–H and O–H groups in total. The van der Waals surface area contributed by atoms with Gasteiger partial charge in [0.15, 0.2) is 13.1 Å². The van der Waals surface area contributed by atoms with Crippen molar-refractivity contribution < 1.29 is 14.5 Å². The van der Waals surface area contributed by atoms with E-state index in [4.69, 9.17) is 0 Å². The molecule has 1 fully saturated rings. The third-order valence-corrected chi connectivity index (χ3v) is 5.47. The maximum Gasteiger partial charge on any atom is 0.280 e. The van der Waals surface area contributed by atoms with Gasteiger partial charge in [0.2, 0.25) is 0 Å². The molecule has 29 heavy (non-hydrogen) atoms. The molecule has 7 nitrogen and oxygen atoms in total. The Bertz CT molecular complexity index is 860. The Balaban J connectivity index is 1.52. The molecule has 7 heteroatoms. The summed E-state index contributed by atoms with van der Waals surface area (Å²) < 4.78 is 1.93. The molecule has 0 radical (unpaired) electrons. The highest BCUT2D eigenvalue weighted by atomic mass is 16.2. The standard InChI is InChI=1S/C22H31N5O2/c1-15-11-16(2)22(17(3)12-15)25-21(29)14-26(4)13-20(28)24-19-9-10-23-27(19)18-7-5-6-8-18/h9-12,18H,5-8,13-14H2,1-4H3,(H,24,28)(H,25,29)/p+1. The van der Waals surface area contributed by atoms with Crippen molar-refractivity contribution in [1.29, 1.82) is 0 Å². The predicted octanol–water partition coefficient (Wildman–Crippen LogP) is 2.02. The SMILES string of the molecule is Cc1cc(C)c(NC(=O)C[NH+](C)CC(=O)Nc2ccnn2C2CCCC2)c(C)c1. The molecule has 0 bridgehead atoms. The fourth-order valence-electron chi connectivity index (χ4n) is 4.21. The van der Waals surface area contributed by atoms with Gasteiger partial charge in [0.25, 0.3) is 11.8 Å². The molecular weight excluding hydrogens is 366 g/mol. The molecule has 3 rings (SSSR count). The molecule has 1 saturated carbocycles. The van der Waals surface area contributed by atoms with E-state index in [0.29, 0.717) is 6.04 Å². The van der Waals surface area contributed by atoms with Crippen molar-refractivity contribution in [1.82, 2.24) is 9.78 Å². The number of quaternary nitrogens is 1. The van der Waals surface area contributed by atoms with E-state index >= 15 is 0 Å². The topological polar surface area (TPSA) is 80.5 Å². The van der Waals surface area contributed by atoms with Crippen molar-refractivity contribution in [2.75, 3.05) is 30.8 Å². The zero-order chi connectivity index (χ0) is 21.0. The lowest BCUT2D eigenvalue weighted by molar-refractivity contribution is -0.862. The molecule has 1 atom stereocenters. The van der Waals surface area contributed by atoms with Gasteiger partial charge in [0, 0.05) is 11.8 Å². The first-order chi connectivity index (χ1) is 13.8. The Labute approximate surface area is 172 Å². The summed E-state index contributed by atoms with van der Waals surface area (Å²) in [6.07, 6.45) is 6.35. The summed E-state index contributed by atoms with van der Waals surface area (Å²) in [4.78, 5) is 25.8. The zero-order valence-corrected chi connectivity index (χ0v) is 17.8. The molecule has 2 amide bonds. The molecule has 0 saturated heterocycles. The lowest BCUT2D eigenvalue weighted by Crippen LogP contribution is -3.11. The van der Waals surface area contributed by atoms with Gasteiger partial charge in [-0.3, -0.25) is 9.59 Å². The average molecular weight is 399 g/mol. The largest absolute Gasteiger partial charge is 0.322 e. The Morgan fingerprint density at radius 1 is 1.07 bits per heavy atom. The lowest BCUT2D eigenvalue weighted by Gasteiger charge is -2.17. The van der Waals surface area contributed by atoms with Gasteiger partial charge in [-0.2, -0.15) is 5.10 Å². The van der Waals surface area contributed by atoms with Gasteiger partial charge in [-0.25, -0.2) is 4.68 Å². The van der Waals surface area contributed by atoms with Gasteiger partial charge >= 0.3 is 0 Å². The van der Waals surface area contributed by atoms with Gasteiger partial charge in [-0.15, -0.1) is 0 Å². The number of amides is 2. The average Bonchev–Trinajstić information content (AvgIpc) is 3.28. The molecule has 0 aliphatic heterocycles. The number of likely N-dealkylation sites (N-methyl/N-ethyl adjacent to an activating group) is 1. The molecule has 1 unspecified atom stereocenters. The van der Waals surface area contributed by atoms with Gasteiger partial charge < -0.3 is 15.5 Å². The quantitative estimate of drug-likeness (QED) is 0.667. The molecule has 1 aromatic heterocycles. The third-order valence-electron chi connectivity index (χ3n) is 5.47. The number of hydrogen-bond donors (Lipinski definition) is 3. The fourth-order valence-corrected chi connectivity index (χ4v) is 4.21. The highest BCUT2D eigenvalue weighted by Crippen LogP contribution is 2.31. The van der Waals surface area contributed by atoms with Crippen molar-refractivity contribution in [3.05, 3.63) is 41.1 Å². The highest BCUT2D eigenvalue weighted by molar-refractivity contribution is 5.94. The van der Waals surface area contributed by atoms with E-state index in [9.17, 15) is 9.59 Å². The number of nitrogens with zero attached hydrogens (tertiary/aromatic N) is 2. The monoisotopic (exact) mass is 398 g/mol. The minimum atomic E-state index is -0.113. The van der Waals surface area contributed by atoms with E-state index < -0.39 is 0 Å². The van der Waals surface area contributed by atoms with Crippen molar-refractivity contribution in [2.45, 2.75) is 52.5 Å². The summed E-state index contributed by atoms with van der Waals surface area (Å²) in [5.74, 6) is 0.532. The Morgan fingerprint density at radius 3 is 2.28 bits per heavy atom. The molecule has 0 spiro atoms. The number of anilines is 2. The first-order valence-corrected chi connectivity index (χ1v) is 10.4. The first kappa shape index (κ1) is 21.0. The number of hydrogen-bond acceptors (Lipinski definition) is 3. The lowest BCUT2D eigenvalue weighted by atomic mass is 10.1. The number of aromatic nitrogens is 2. The van der Waals surface area contributed by atoms with Crippen molar-refractivity contribution in [3.8, 4) is 0 Å². The highest BCUT2D eigenvalue weighted by Gasteiger charge is 2.22. The summed E-state index contributed by atoms with van der Waals surface area (Å²) in [6.45, 7) is 6.47. The number of benzene rings is 1. The van der Waals surface area contributed by atoms with Crippen molar-refractivity contribution in [2.24, 2.45) is 0 Å². The molecule has 156 valence electrons. The van der Waals surface area contributed by atoms with E-state index in [-0.39, 0.29) is 24.9 Å². The molecule has 1 aliphatic rings. The summed E-state index contributed by atoms with van der Waals surface area (Å²) in [5.41, 5.74) is 4.13. The van der Waals surface area contributed by atoms with Crippen LogP contribution in [0, 0.1) is 20.8 Å². The van der Waals surface area contributed by atoms with Crippen molar-refractivity contribution in [3.63, 3.8) is 0 Å². The second-order valence-electron chi connectivity index (χ2n) is 8.28. The second kappa shape index (κ2) is 9.22. The first-order valence-electron chi connectivity index (χ1n) is 10.4. The Hall–Kier alpha value is -2.67. The van der Waals surface area contributed by atoms with Crippen LogP contribution in [-0.4, -0.2) is 41.7 Å². The van der Waals surface area contributed by atoms with E-state index in [2.05, 4.69) is 27.9 Å². The van der Waals surface area contributed by atoms with Crippen LogP contribution < -0.4 is 15.5 Å². The molecule has 1 aromatic carbocycles. The van der Waals surface area contributed by atoms with Crippen LogP contribution in [0.15, 0.2) is 24.4 Å². The predicted molar refractivity (Wildman–Crippen MR) is 114 cm³/mol. The van der Waals surface area contributed by atoms with Crippen LogP contribution in [0.2, 0.25) is 0 Å². The number of rotatable bonds is 7. The molecule has 2 aromatic rings. The summed E-state index contributed by atoms with van der Waals surface area (Å²) in [7, 11) is 1.85. The smallest absolute Gasteiger partial charge is 0.280 e. The Kier molecular flexibility index (Phi) is 6.69. The maximum atomic E-state index is 12.5. The van der Waals surface area contributed by atoms with E-state index in [1.165, 1.54) is 18.4 Å². The zero-order valence-electron chi connectivity index (χ0n) is 17.8. The van der Waals surface area contributed by atoms with Crippen LogP contribution in [0.4, 0.5) is 11.5 Å². The van der Waals surface area contributed by atoms with Crippen LogP contribution in [0.3, 0.4) is 0 Å². The fraction of sp³-hybridized carbons (Fsp3) is 0.500. The minimum absolute atomic E-state index is 0.0960. The number of nitrogens with one attached hydrogen (secondary N) is 3. The summed E-state index contributed by atoms with van der Waals surface area (Å²) in [6, 6.07) is 6.32. The van der Waals surface area contributed by atoms with E-state index in [0.717, 1.165) is 40.4 Å². The van der Waals surface area contributed by atoms with E-state index in [1.54, 1.807) is 6.20 Å². The van der Waals surface area contributed by atoms with Gasteiger partial charge in [0.05, 0.1) is 19.3 Å². The summed E-state index contributed by atoms with van der Waals surface area (Å²) in [5, 5.41) is 10.3. The van der Waals surface area contributed by atoms with Gasteiger partial charge in [0.1, 0.15) is 5.82 Å². The van der Waals surface area contributed by atoms with Gasteiger partial charge in [-0.05, 0) is 44.7 Å². The molecule has 1 heterocycles. The van der Waals surface area contributed by atoms with Crippen LogP contribution in [0.1, 0.15) is 48.4 Å². The number of carbonyl (C=O) groups excluding carboxylic acids is 2. The number of carbonyl (C=O) groups is 2. The van der Waals surface area contributed by atoms with Crippen LogP contribution >= 0.6 is 0 Å². The van der Waals surface area contributed by atoms with Crippen LogP contribution in [0.5, 0.6) is 0 Å². The summed E-state index contributed by atoms with van der Waals surface area (Å²) >= 11 is 0. The van der Waals surface area contributed by atoms with Crippen molar-refractivity contribution >= 4 is 23.3 Å². The Morgan fingerprint density at radius 2 is 1.66 bits per heavy atom. The third kappa shape index (κ3) is 5.44. The minimum Gasteiger partial charge on any atom is -0.322 e. The normalized spacial score (nSPS) is 15.3. The van der Waals surface area contributed by atoms with Crippen LogP contribution in [-0.2, 0) is 9.59 Å². The molecule has 1 aliphatic carbocycles. The van der Waals surface area contributed by atoms with E-state index in [1.807, 2.05) is 38.6 Å². The second-order valence-corrected chi connectivity index (χ2v) is 8.28.